The summed E-state index contributed by atoms with van der Waals surface area (Å²) >= 11 is 0. The van der Waals surface area contributed by atoms with Crippen LogP contribution in [0.3, 0.4) is 0 Å². The molecule has 0 fully saturated rings. The van der Waals surface area contributed by atoms with Gasteiger partial charge in [-0.05, 0) is 18.6 Å². The number of carboxylic acids is 1. The summed E-state index contributed by atoms with van der Waals surface area (Å²) in [5.74, 6) is -0.543. The Bertz CT molecular complexity index is 813. The summed E-state index contributed by atoms with van der Waals surface area (Å²) in [5, 5.41) is 17.1. The first-order valence-electron chi connectivity index (χ1n) is 7.04. The van der Waals surface area contributed by atoms with Crippen molar-refractivity contribution in [3.05, 3.63) is 42.2 Å². The van der Waals surface area contributed by atoms with Crippen molar-refractivity contribution in [1.82, 2.24) is 24.6 Å². The van der Waals surface area contributed by atoms with Gasteiger partial charge < -0.3 is 5.11 Å². The minimum atomic E-state index is -0.939. The maximum atomic E-state index is 11.0. The van der Waals surface area contributed by atoms with Crippen molar-refractivity contribution in [1.29, 1.82) is 0 Å². The summed E-state index contributed by atoms with van der Waals surface area (Å²) in [5.41, 5.74) is 3.03. The molecule has 0 spiro atoms. The first kappa shape index (κ1) is 14.1. The molecule has 0 aliphatic heterocycles. The molecule has 0 bridgehead atoms. The van der Waals surface area contributed by atoms with Crippen molar-refractivity contribution in [2.75, 3.05) is 0 Å². The third-order valence-electron chi connectivity index (χ3n) is 3.28. The molecule has 0 saturated heterocycles. The number of carboxylic acid groups (broad SMARTS) is 1. The Morgan fingerprint density at radius 3 is 2.91 bits per heavy atom. The molecule has 0 aliphatic carbocycles. The van der Waals surface area contributed by atoms with E-state index >= 15 is 0 Å². The van der Waals surface area contributed by atoms with Crippen LogP contribution < -0.4 is 0 Å². The summed E-state index contributed by atoms with van der Waals surface area (Å²) < 4.78 is 1.72. The Hall–Kier alpha value is -2.83. The van der Waals surface area contributed by atoms with E-state index in [2.05, 4.69) is 27.1 Å². The molecule has 1 N–H and O–H groups in total. The number of fused-ring (bicyclic) bond motifs is 1. The lowest BCUT2D eigenvalue weighted by molar-refractivity contribution is -0.136. The predicted molar refractivity (Wildman–Crippen MR) is 79.3 cm³/mol. The van der Waals surface area contributed by atoms with E-state index in [1.807, 2.05) is 12.1 Å². The minimum absolute atomic E-state index is 0.177. The second-order valence-electron chi connectivity index (χ2n) is 4.94. The molecule has 3 rings (SSSR count). The fraction of sp³-hybridized carbons (Fsp3) is 0.267. The van der Waals surface area contributed by atoms with Gasteiger partial charge in [0.15, 0.2) is 5.65 Å². The third-order valence-corrected chi connectivity index (χ3v) is 3.28. The van der Waals surface area contributed by atoms with Crippen LogP contribution in [0.4, 0.5) is 0 Å². The molecule has 22 heavy (non-hydrogen) atoms. The van der Waals surface area contributed by atoms with Crippen LogP contribution in [0, 0.1) is 0 Å². The average molecular weight is 297 g/mol. The van der Waals surface area contributed by atoms with E-state index in [1.165, 1.54) is 0 Å². The highest BCUT2D eigenvalue weighted by molar-refractivity contribution is 5.69. The van der Waals surface area contributed by atoms with E-state index in [0.29, 0.717) is 11.5 Å². The van der Waals surface area contributed by atoms with Crippen LogP contribution in [-0.4, -0.2) is 35.6 Å². The number of rotatable bonds is 5. The SMILES string of the molecule is CCCc1nc(-c2cccnc2)cn2c(CC(=O)O)nnc12. The maximum absolute atomic E-state index is 11.0. The normalized spacial score (nSPS) is 11.0. The third kappa shape index (κ3) is 2.65. The lowest BCUT2D eigenvalue weighted by Gasteiger charge is -2.07. The van der Waals surface area contributed by atoms with E-state index in [4.69, 9.17) is 5.11 Å². The second-order valence-corrected chi connectivity index (χ2v) is 4.94. The zero-order valence-electron chi connectivity index (χ0n) is 12.1. The van der Waals surface area contributed by atoms with E-state index in [-0.39, 0.29) is 6.42 Å². The van der Waals surface area contributed by atoms with Gasteiger partial charge in [-0.2, -0.15) is 0 Å². The Morgan fingerprint density at radius 2 is 2.23 bits per heavy atom. The average Bonchev–Trinajstić information content (AvgIpc) is 2.91. The van der Waals surface area contributed by atoms with Crippen LogP contribution in [0.2, 0.25) is 0 Å². The second kappa shape index (κ2) is 5.88. The standard InChI is InChI=1S/C15H15N5O2/c1-2-4-11-15-19-18-13(7-14(21)22)20(15)9-12(17-11)10-5-3-6-16-8-10/h3,5-6,8-9H,2,4,7H2,1H3,(H,21,22). The number of aromatic nitrogens is 5. The largest absolute Gasteiger partial charge is 0.481 e. The summed E-state index contributed by atoms with van der Waals surface area (Å²) in [4.78, 5) is 19.7. The number of hydrogen-bond acceptors (Lipinski definition) is 5. The molecular weight excluding hydrogens is 282 g/mol. The number of nitrogens with zero attached hydrogens (tertiary/aromatic N) is 5. The first-order chi connectivity index (χ1) is 10.7. The highest BCUT2D eigenvalue weighted by Gasteiger charge is 2.15. The van der Waals surface area contributed by atoms with Crippen molar-refractivity contribution < 1.29 is 9.90 Å². The van der Waals surface area contributed by atoms with Gasteiger partial charge >= 0.3 is 5.97 Å². The van der Waals surface area contributed by atoms with E-state index in [1.54, 1.807) is 23.0 Å². The highest BCUT2D eigenvalue weighted by atomic mass is 16.4. The molecule has 112 valence electrons. The molecule has 3 aromatic heterocycles. The monoisotopic (exact) mass is 297 g/mol. The molecule has 0 aromatic carbocycles. The number of pyridine rings is 1. The Morgan fingerprint density at radius 1 is 1.36 bits per heavy atom. The number of aryl methyl sites for hydroxylation is 1. The van der Waals surface area contributed by atoms with Crippen molar-refractivity contribution in [3.8, 4) is 11.3 Å². The Balaban J connectivity index is 2.19. The molecule has 7 nitrogen and oxygen atoms in total. The zero-order valence-corrected chi connectivity index (χ0v) is 12.1. The van der Waals surface area contributed by atoms with Gasteiger partial charge in [0, 0.05) is 24.2 Å². The zero-order chi connectivity index (χ0) is 15.5. The lowest BCUT2D eigenvalue weighted by atomic mass is 10.2. The van der Waals surface area contributed by atoms with Gasteiger partial charge in [0.2, 0.25) is 0 Å². The number of carbonyl (C=O) groups is 1. The van der Waals surface area contributed by atoms with Crippen LogP contribution in [0.25, 0.3) is 16.9 Å². The van der Waals surface area contributed by atoms with Crippen LogP contribution >= 0.6 is 0 Å². The fourth-order valence-electron chi connectivity index (χ4n) is 2.32. The fourth-order valence-corrected chi connectivity index (χ4v) is 2.32. The van der Waals surface area contributed by atoms with Gasteiger partial charge in [-0.15, -0.1) is 10.2 Å². The van der Waals surface area contributed by atoms with Crippen LogP contribution in [0.15, 0.2) is 30.7 Å². The van der Waals surface area contributed by atoms with Gasteiger partial charge in [-0.25, -0.2) is 4.98 Å². The predicted octanol–water partition coefficient (Wildman–Crippen LogP) is 1.77. The van der Waals surface area contributed by atoms with E-state index in [0.717, 1.165) is 29.8 Å². The molecule has 7 heteroatoms. The first-order valence-corrected chi connectivity index (χ1v) is 7.04. The summed E-state index contributed by atoms with van der Waals surface area (Å²) in [6, 6.07) is 3.75. The van der Waals surface area contributed by atoms with E-state index in [9.17, 15) is 4.79 Å². The molecule has 0 aliphatic rings. The van der Waals surface area contributed by atoms with Crippen LogP contribution in [0.1, 0.15) is 24.9 Å². The molecule has 0 atom stereocenters. The van der Waals surface area contributed by atoms with Crippen molar-refractivity contribution in [3.63, 3.8) is 0 Å². The van der Waals surface area contributed by atoms with Gasteiger partial charge in [-0.3, -0.25) is 14.2 Å². The number of aliphatic carboxylic acids is 1. The smallest absolute Gasteiger partial charge is 0.311 e. The summed E-state index contributed by atoms with van der Waals surface area (Å²) in [7, 11) is 0. The molecule has 0 saturated carbocycles. The Kier molecular flexibility index (Phi) is 3.78. The van der Waals surface area contributed by atoms with Gasteiger partial charge in [0.1, 0.15) is 12.2 Å². The summed E-state index contributed by atoms with van der Waals surface area (Å²) in [6.45, 7) is 2.06. The maximum Gasteiger partial charge on any atom is 0.311 e. The highest BCUT2D eigenvalue weighted by Crippen LogP contribution is 2.20. The van der Waals surface area contributed by atoms with Crippen LogP contribution in [-0.2, 0) is 17.6 Å². The molecule has 0 unspecified atom stereocenters. The molecule has 0 radical (unpaired) electrons. The van der Waals surface area contributed by atoms with Gasteiger partial charge in [-0.1, -0.05) is 13.3 Å². The van der Waals surface area contributed by atoms with Crippen molar-refractivity contribution in [2.24, 2.45) is 0 Å². The molecular formula is C15H15N5O2. The van der Waals surface area contributed by atoms with Crippen LogP contribution in [0.5, 0.6) is 0 Å². The molecule has 3 aromatic rings. The quantitative estimate of drug-likeness (QED) is 0.771. The minimum Gasteiger partial charge on any atom is -0.481 e. The molecule has 3 heterocycles. The van der Waals surface area contributed by atoms with E-state index < -0.39 is 5.97 Å². The summed E-state index contributed by atoms with van der Waals surface area (Å²) in [6.07, 6.45) is 6.69. The van der Waals surface area contributed by atoms with Crippen molar-refractivity contribution in [2.45, 2.75) is 26.2 Å². The number of hydrogen-bond donors (Lipinski definition) is 1. The lowest BCUT2D eigenvalue weighted by Crippen LogP contribution is -2.06. The van der Waals surface area contributed by atoms with Gasteiger partial charge in [0.25, 0.3) is 0 Å². The Labute approximate surface area is 126 Å². The van der Waals surface area contributed by atoms with Crippen molar-refractivity contribution >= 4 is 11.6 Å². The topological polar surface area (TPSA) is 93.3 Å². The molecule has 0 amide bonds. The van der Waals surface area contributed by atoms with Gasteiger partial charge in [0.05, 0.1) is 11.4 Å².